The van der Waals surface area contributed by atoms with Gasteiger partial charge in [0.1, 0.15) is 6.61 Å². The molecule has 1 aliphatic heterocycles. The first-order valence-electron chi connectivity index (χ1n) is 8.31. The SMILES string of the molecule is C[C@@]1(O)C(=O)O[C@H](COC(=O)c2ccccc2)[C@H]1OC(=O)c1ccccc1. The minimum Gasteiger partial charge on any atom is -0.458 e. The summed E-state index contributed by atoms with van der Waals surface area (Å²) in [4.78, 5) is 36.3. The number of carbonyl (C=O) groups excluding carboxylic acids is 3. The molecule has 0 spiro atoms. The Kier molecular flexibility index (Phi) is 5.23. The summed E-state index contributed by atoms with van der Waals surface area (Å²) in [5, 5.41) is 10.4. The van der Waals surface area contributed by atoms with E-state index in [9.17, 15) is 19.5 Å². The van der Waals surface area contributed by atoms with E-state index in [4.69, 9.17) is 14.2 Å². The fourth-order valence-corrected chi connectivity index (χ4v) is 2.68. The van der Waals surface area contributed by atoms with E-state index in [1.54, 1.807) is 60.7 Å². The van der Waals surface area contributed by atoms with Crippen molar-refractivity contribution in [3.05, 3.63) is 71.8 Å². The summed E-state index contributed by atoms with van der Waals surface area (Å²) < 4.78 is 15.5. The van der Waals surface area contributed by atoms with E-state index in [0.717, 1.165) is 0 Å². The Labute approximate surface area is 155 Å². The Bertz CT molecular complexity index is 830. The van der Waals surface area contributed by atoms with Crippen LogP contribution in [0.2, 0.25) is 0 Å². The lowest BCUT2D eigenvalue weighted by molar-refractivity contribution is -0.155. The standard InChI is InChI=1S/C20H18O7/c1-20(24)16(27-18(22)14-10-6-3-7-11-14)15(26-19(20)23)12-25-17(21)13-8-4-2-5-9-13/h2-11,15-16,24H,12H2,1H3/t15-,16-,20+/m1/s1. The predicted octanol–water partition coefficient (Wildman–Crippen LogP) is 1.75. The van der Waals surface area contributed by atoms with Crippen LogP contribution in [0.1, 0.15) is 27.6 Å². The van der Waals surface area contributed by atoms with Crippen LogP contribution in [0, 0.1) is 0 Å². The Morgan fingerprint density at radius 3 is 2.07 bits per heavy atom. The second kappa shape index (κ2) is 7.59. The van der Waals surface area contributed by atoms with Gasteiger partial charge in [0.2, 0.25) is 0 Å². The van der Waals surface area contributed by atoms with Crippen LogP contribution in [0.5, 0.6) is 0 Å². The fourth-order valence-electron chi connectivity index (χ4n) is 2.68. The zero-order valence-corrected chi connectivity index (χ0v) is 14.5. The smallest absolute Gasteiger partial charge is 0.342 e. The van der Waals surface area contributed by atoms with Crippen molar-refractivity contribution in [3.63, 3.8) is 0 Å². The molecule has 1 saturated heterocycles. The minimum absolute atomic E-state index is 0.257. The maximum absolute atomic E-state index is 12.3. The van der Waals surface area contributed by atoms with Gasteiger partial charge < -0.3 is 19.3 Å². The van der Waals surface area contributed by atoms with Gasteiger partial charge in [0, 0.05) is 0 Å². The third-order valence-electron chi connectivity index (χ3n) is 4.20. The molecule has 0 unspecified atom stereocenters. The van der Waals surface area contributed by atoms with Crippen molar-refractivity contribution in [2.45, 2.75) is 24.7 Å². The number of rotatable bonds is 5. The van der Waals surface area contributed by atoms with Gasteiger partial charge in [-0.05, 0) is 31.2 Å². The van der Waals surface area contributed by atoms with E-state index in [0.29, 0.717) is 5.56 Å². The van der Waals surface area contributed by atoms with E-state index in [2.05, 4.69) is 0 Å². The van der Waals surface area contributed by atoms with Gasteiger partial charge in [-0.2, -0.15) is 0 Å². The molecule has 0 amide bonds. The summed E-state index contributed by atoms with van der Waals surface area (Å²) in [7, 11) is 0. The van der Waals surface area contributed by atoms with Crippen LogP contribution in [0.25, 0.3) is 0 Å². The molecule has 2 aromatic rings. The second-order valence-electron chi connectivity index (χ2n) is 6.25. The number of carbonyl (C=O) groups is 3. The molecule has 7 nitrogen and oxygen atoms in total. The Balaban J connectivity index is 1.70. The molecule has 0 saturated carbocycles. The van der Waals surface area contributed by atoms with Crippen molar-refractivity contribution in [1.29, 1.82) is 0 Å². The average Bonchev–Trinajstić information content (AvgIpc) is 2.90. The molecule has 2 aromatic carbocycles. The molecule has 1 fully saturated rings. The van der Waals surface area contributed by atoms with Gasteiger partial charge in [-0.15, -0.1) is 0 Å². The van der Waals surface area contributed by atoms with Gasteiger partial charge in [0.25, 0.3) is 0 Å². The molecule has 27 heavy (non-hydrogen) atoms. The van der Waals surface area contributed by atoms with Crippen molar-refractivity contribution < 1.29 is 33.7 Å². The first-order valence-corrected chi connectivity index (χ1v) is 8.31. The number of cyclic esters (lactones) is 1. The van der Waals surface area contributed by atoms with Gasteiger partial charge >= 0.3 is 17.9 Å². The number of benzene rings is 2. The third-order valence-corrected chi connectivity index (χ3v) is 4.20. The highest BCUT2D eigenvalue weighted by molar-refractivity contribution is 5.91. The molecule has 1 heterocycles. The van der Waals surface area contributed by atoms with E-state index in [1.165, 1.54) is 6.92 Å². The first kappa shape index (κ1) is 18.6. The van der Waals surface area contributed by atoms with Crippen LogP contribution in [0.4, 0.5) is 0 Å². The van der Waals surface area contributed by atoms with Gasteiger partial charge in [-0.1, -0.05) is 36.4 Å². The largest absolute Gasteiger partial charge is 0.458 e. The zero-order valence-electron chi connectivity index (χ0n) is 14.5. The molecule has 0 bridgehead atoms. The first-order chi connectivity index (χ1) is 12.9. The molecule has 0 aliphatic carbocycles. The molecule has 1 N–H and O–H groups in total. The summed E-state index contributed by atoms with van der Waals surface area (Å²) in [6.45, 7) is 0.833. The predicted molar refractivity (Wildman–Crippen MR) is 92.9 cm³/mol. The van der Waals surface area contributed by atoms with Crippen LogP contribution in [0.15, 0.2) is 60.7 Å². The average molecular weight is 370 g/mol. The normalized spacial score (nSPS) is 24.1. The maximum atomic E-state index is 12.3. The van der Waals surface area contributed by atoms with Crippen molar-refractivity contribution >= 4 is 17.9 Å². The number of ether oxygens (including phenoxy) is 3. The zero-order chi connectivity index (χ0) is 19.4. The summed E-state index contributed by atoms with van der Waals surface area (Å²) in [6, 6.07) is 16.4. The van der Waals surface area contributed by atoms with Crippen molar-refractivity contribution in [3.8, 4) is 0 Å². The van der Waals surface area contributed by atoms with Crippen LogP contribution in [-0.4, -0.2) is 47.4 Å². The van der Waals surface area contributed by atoms with Crippen LogP contribution < -0.4 is 0 Å². The maximum Gasteiger partial charge on any atom is 0.342 e. The highest BCUT2D eigenvalue weighted by atomic mass is 16.6. The Morgan fingerprint density at radius 1 is 1.00 bits per heavy atom. The van der Waals surface area contributed by atoms with Gasteiger partial charge in [0.15, 0.2) is 17.8 Å². The summed E-state index contributed by atoms with van der Waals surface area (Å²) in [6.07, 6.45) is -2.44. The van der Waals surface area contributed by atoms with Crippen molar-refractivity contribution in [2.75, 3.05) is 6.61 Å². The summed E-state index contributed by atoms with van der Waals surface area (Å²) in [5.74, 6) is -2.29. The van der Waals surface area contributed by atoms with Crippen molar-refractivity contribution in [1.82, 2.24) is 0 Å². The second-order valence-corrected chi connectivity index (χ2v) is 6.25. The van der Waals surface area contributed by atoms with Gasteiger partial charge in [0.05, 0.1) is 11.1 Å². The molecule has 0 radical (unpaired) electrons. The minimum atomic E-state index is -2.05. The number of hydrogen-bond acceptors (Lipinski definition) is 7. The quantitative estimate of drug-likeness (QED) is 0.632. The van der Waals surface area contributed by atoms with Crippen molar-refractivity contribution in [2.24, 2.45) is 0 Å². The lowest BCUT2D eigenvalue weighted by Crippen LogP contribution is -2.47. The molecule has 3 atom stereocenters. The summed E-state index contributed by atoms with van der Waals surface area (Å²) in [5.41, 5.74) is -1.46. The monoisotopic (exact) mass is 370 g/mol. The van der Waals surface area contributed by atoms with Gasteiger partial charge in [-0.25, -0.2) is 14.4 Å². The number of hydrogen-bond donors (Lipinski definition) is 1. The lowest BCUT2D eigenvalue weighted by Gasteiger charge is -2.24. The molecular weight excluding hydrogens is 352 g/mol. The molecule has 140 valence electrons. The molecule has 3 rings (SSSR count). The fraction of sp³-hybridized carbons (Fsp3) is 0.250. The van der Waals surface area contributed by atoms with E-state index >= 15 is 0 Å². The topological polar surface area (TPSA) is 99.1 Å². The summed E-state index contributed by atoms with van der Waals surface area (Å²) >= 11 is 0. The highest BCUT2D eigenvalue weighted by Crippen LogP contribution is 2.30. The number of aliphatic hydroxyl groups is 1. The lowest BCUT2D eigenvalue weighted by atomic mass is 9.98. The van der Waals surface area contributed by atoms with Crippen LogP contribution in [-0.2, 0) is 19.0 Å². The van der Waals surface area contributed by atoms with E-state index < -0.39 is 35.7 Å². The highest BCUT2D eigenvalue weighted by Gasteiger charge is 2.56. The Morgan fingerprint density at radius 2 is 1.52 bits per heavy atom. The van der Waals surface area contributed by atoms with Gasteiger partial charge in [-0.3, -0.25) is 0 Å². The molecular formula is C20H18O7. The third kappa shape index (κ3) is 3.98. The number of esters is 3. The Hall–Kier alpha value is -3.19. The van der Waals surface area contributed by atoms with Crippen LogP contribution in [0.3, 0.4) is 0 Å². The van der Waals surface area contributed by atoms with E-state index in [-0.39, 0.29) is 12.2 Å². The molecule has 7 heteroatoms. The molecule has 0 aromatic heterocycles. The van der Waals surface area contributed by atoms with Crippen LogP contribution >= 0.6 is 0 Å². The molecule has 1 aliphatic rings. The van der Waals surface area contributed by atoms with E-state index in [1.807, 2.05) is 0 Å².